The van der Waals surface area contributed by atoms with Crippen LogP contribution in [0.3, 0.4) is 0 Å². The fourth-order valence-electron chi connectivity index (χ4n) is 4.01. The summed E-state index contributed by atoms with van der Waals surface area (Å²) in [4.78, 5) is 20.7. The van der Waals surface area contributed by atoms with E-state index in [0.29, 0.717) is 6.54 Å². The van der Waals surface area contributed by atoms with E-state index in [1.807, 2.05) is 22.9 Å². The average molecular weight is 355 g/mol. The predicted octanol–water partition coefficient (Wildman–Crippen LogP) is 2.56. The second kappa shape index (κ2) is 7.45. The number of pyridine rings is 1. The van der Waals surface area contributed by atoms with E-state index in [9.17, 15) is 4.79 Å². The molecule has 2 amide bonds. The molecule has 2 N–H and O–H groups in total. The Morgan fingerprint density at radius 3 is 2.96 bits per heavy atom. The summed E-state index contributed by atoms with van der Waals surface area (Å²) in [5.74, 6) is 0.805. The smallest absolute Gasteiger partial charge is 0.315 e. The zero-order valence-corrected chi connectivity index (χ0v) is 14.9. The topological polar surface area (TPSA) is 81.1 Å². The maximum Gasteiger partial charge on any atom is 0.315 e. The van der Waals surface area contributed by atoms with Crippen LogP contribution in [0.5, 0.6) is 0 Å². The molecule has 4 rings (SSSR count). The first-order valence-corrected chi connectivity index (χ1v) is 9.34. The minimum atomic E-state index is -0.122. The van der Waals surface area contributed by atoms with E-state index in [1.54, 1.807) is 18.7 Å². The van der Waals surface area contributed by atoms with Crippen LogP contribution in [0.2, 0.25) is 0 Å². The lowest BCUT2D eigenvalue weighted by atomic mass is 9.89. The van der Waals surface area contributed by atoms with Gasteiger partial charge in [-0.1, -0.05) is 18.9 Å². The summed E-state index contributed by atoms with van der Waals surface area (Å²) in [5.41, 5.74) is 0.978. The Morgan fingerprint density at radius 1 is 1.35 bits per heavy atom. The molecule has 0 radical (unpaired) electrons. The van der Waals surface area contributed by atoms with Gasteiger partial charge in [-0.3, -0.25) is 4.57 Å². The van der Waals surface area contributed by atoms with Crippen molar-refractivity contribution in [3.8, 4) is 5.82 Å². The van der Waals surface area contributed by atoms with Gasteiger partial charge in [0.1, 0.15) is 12.1 Å². The Hall–Kier alpha value is -2.41. The number of hydrogen-bond acceptors (Lipinski definition) is 4. The molecule has 1 unspecified atom stereocenters. The normalized spacial score (nSPS) is 21.6. The number of nitrogens with one attached hydrogen (secondary N) is 2. The van der Waals surface area contributed by atoms with E-state index in [-0.39, 0.29) is 17.7 Å². The molecule has 1 saturated carbocycles. The molecule has 7 nitrogen and oxygen atoms in total. The highest BCUT2D eigenvalue weighted by Crippen LogP contribution is 2.39. The Bertz CT molecular complexity index is 723. The number of amides is 2. The molecule has 1 aliphatic carbocycles. The number of aromatic nitrogens is 3. The number of ether oxygens (including phenoxy) is 1. The van der Waals surface area contributed by atoms with Crippen LogP contribution in [0.25, 0.3) is 5.82 Å². The fourth-order valence-corrected chi connectivity index (χ4v) is 4.01. The summed E-state index contributed by atoms with van der Waals surface area (Å²) in [6, 6.07) is 3.95. The first-order chi connectivity index (χ1) is 12.7. The van der Waals surface area contributed by atoms with Crippen LogP contribution in [-0.2, 0) is 11.3 Å². The van der Waals surface area contributed by atoms with Gasteiger partial charge in [0.15, 0.2) is 0 Å². The molecule has 1 atom stereocenters. The maximum atomic E-state index is 12.2. The Labute approximate surface area is 153 Å². The molecular weight excluding hydrogens is 330 g/mol. The number of carbonyl (C=O) groups is 1. The second-order valence-electron chi connectivity index (χ2n) is 7.25. The van der Waals surface area contributed by atoms with Gasteiger partial charge >= 0.3 is 6.03 Å². The molecule has 3 heterocycles. The van der Waals surface area contributed by atoms with Crippen LogP contribution >= 0.6 is 0 Å². The Balaban J connectivity index is 1.26. The van der Waals surface area contributed by atoms with Crippen molar-refractivity contribution < 1.29 is 9.53 Å². The van der Waals surface area contributed by atoms with E-state index in [1.165, 1.54) is 12.8 Å². The third kappa shape index (κ3) is 3.88. The van der Waals surface area contributed by atoms with E-state index < -0.39 is 0 Å². The van der Waals surface area contributed by atoms with Crippen LogP contribution in [0.4, 0.5) is 4.79 Å². The molecule has 1 saturated heterocycles. The summed E-state index contributed by atoms with van der Waals surface area (Å²) in [6.07, 6.45) is 13.6. The minimum absolute atomic E-state index is 0.0171. The van der Waals surface area contributed by atoms with Gasteiger partial charge in [-0.15, -0.1) is 0 Å². The van der Waals surface area contributed by atoms with E-state index >= 15 is 0 Å². The molecule has 0 bridgehead atoms. The lowest BCUT2D eigenvalue weighted by Crippen LogP contribution is -2.49. The molecule has 2 aliphatic rings. The van der Waals surface area contributed by atoms with E-state index in [2.05, 4.69) is 20.6 Å². The molecule has 2 aromatic heterocycles. The average Bonchev–Trinajstić information content (AvgIpc) is 3.33. The molecule has 1 aliphatic heterocycles. The fraction of sp³-hybridized carbons (Fsp3) is 0.526. The van der Waals surface area contributed by atoms with Crippen LogP contribution in [-0.4, -0.2) is 38.8 Å². The zero-order chi connectivity index (χ0) is 17.8. The summed E-state index contributed by atoms with van der Waals surface area (Å²) in [5, 5.41) is 6.04. The highest BCUT2D eigenvalue weighted by atomic mass is 16.5. The largest absolute Gasteiger partial charge is 0.375 e. The lowest BCUT2D eigenvalue weighted by Gasteiger charge is -2.38. The van der Waals surface area contributed by atoms with E-state index in [0.717, 1.165) is 43.7 Å². The number of urea groups is 1. The Kier molecular flexibility index (Phi) is 4.88. The van der Waals surface area contributed by atoms with Crippen molar-refractivity contribution in [3.05, 3.63) is 42.6 Å². The van der Waals surface area contributed by atoms with Crippen molar-refractivity contribution >= 4 is 6.03 Å². The monoisotopic (exact) mass is 355 g/mol. The summed E-state index contributed by atoms with van der Waals surface area (Å²) < 4.78 is 7.86. The first kappa shape index (κ1) is 17.0. The van der Waals surface area contributed by atoms with Crippen LogP contribution in [0, 0.1) is 0 Å². The summed E-state index contributed by atoms with van der Waals surface area (Å²) >= 11 is 0. The van der Waals surface area contributed by atoms with Crippen LogP contribution in [0.1, 0.15) is 44.1 Å². The van der Waals surface area contributed by atoms with Crippen LogP contribution in [0.15, 0.2) is 37.1 Å². The molecule has 0 aromatic carbocycles. The van der Waals surface area contributed by atoms with Gasteiger partial charge in [0, 0.05) is 37.8 Å². The standard InChI is InChI=1S/C19H25N5O2/c25-18(23-16-5-10-26-19(11-16)6-1-2-7-19)22-13-15-3-4-17(21-12-15)24-9-8-20-14-24/h3-4,8-9,12,14,16H,1-2,5-7,10-11,13H2,(H2,22,23,25). The third-order valence-electron chi connectivity index (χ3n) is 5.37. The Morgan fingerprint density at radius 2 is 2.23 bits per heavy atom. The lowest BCUT2D eigenvalue weighted by molar-refractivity contribution is -0.0820. The van der Waals surface area contributed by atoms with Gasteiger partial charge in [-0.25, -0.2) is 14.8 Å². The SMILES string of the molecule is O=C(NCc1ccc(-n2ccnc2)nc1)NC1CCOC2(CCCC2)C1. The van der Waals surface area contributed by atoms with Crippen molar-refractivity contribution in [3.63, 3.8) is 0 Å². The number of nitrogens with zero attached hydrogens (tertiary/aromatic N) is 3. The highest BCUT2D eigenvalue weighted by Gasteiger charge is 2.40. The minimum Gasteiger partial charge on any atom is -0.375 e. The van der Waals surface area contributed by atoms with Crippen molar-refractivity contribution in [2.45, 2.75) is 56.7 Å². The molecular formula is C19H25N5O2. The summed E-state index contributed by atoms with van der Waals surface area (Å²) in [7, 11) is 0. The molecule has 26 heavy (non-hydrogen) atoms. The molecule has 1 spiro atoms. The molecule has 2 fully saturated rings. The van der Waals surface area contributed by atoms with Gasteiger partial charge in [-0.05, 0) is 37.3 Å². The van der Waals surface area contributed by atoms with E-state index in [4.69, 9.17) is 4.74 Å². The molecule has 7 heteroatoms. The van der Waals surface area contributed by atoms with Crippen molar-refractivity contribution in [2.24, 2.45) is 0 Å². The number of hydrogen-bond donors (Lipinski definition) is 2. The first-order valence-electron chi connectivity index (χ1n) is 9.34. The van der Waals surface area contributed by atoms with Gasteiger partial charge in [0.25, 0.3) is 0 Å². The summed E-state index contributed by atoms with van der Waals surface area (Å²) in [6.45, 7) is 1.20. The van der Waals surface area contributed by atoms with Gasteiger partial charge in [-0.2, -0.15) is 0 Å². The molecule has 2 aromatic rings. The van der Waals surface area contributed by atoms with Crippen molar-refractivity contribution in [2.75, 3.05) is 6.61 Å². The van der Waals surface area contributed by atoms with Gasteiger partial charge in [0.2, 0.25) is 0 Å². The van der Waals surface area contributed by atoms with Crippen LogP contribution < -0.4 is 10.6 Å². The maximum absolute atomic E-state index is 12.2. The quantitative estimate of drug-likeness (QED) is 0.883. The van der Waals surface area contributed by atoms with Gasteiger partial charge < -0.3 is 15.4 Å². The zero-order valence-electron chi connectivity index (χ0n) is 14.9. The number of carbonyl (C=O) groups excluding carboxylic acids is 1. The molecule has 138 valence electrons. The van der Waals surface area contributed by atoms with Gasteiger partial charge in [0.05, 0.1) is 5.60 Å². The number of rotatable bonds is 4. The third-order valence-corrected chi connectivity index (χ3v) is 5.37. The number of imidazole rings is 1. The van der Waals surface area contributed by atoms with Crippen molar-refractivity contribution in [1.82, 2.24) is 25.2 Å². The van der Waals surface area contributed by atoms with Crippen molar-refractivity contribution in [1.29, 1.82) is 0 Å². The second-order valence-corrected chi connectivity index (χ2v) is 7.25. The highest BCUT2D eigenvalue weighted by molar-refractivity contribution is 5.74. The predicted molar refractivity (Wildman–Crippen MR) is 96.9 cm³/mol.